The van der Waals surface area contributed by atoms with Crippen molar-refractivity contribution in [1.82, 2.24) is 4.90 Å². The average Bonchev–Trinajstić information content (AvgIpc) is 2.72. The maximum Gasteiger partial charge on any atom is 0.278 e. The maximum absolute atomic E-state index is 12.1. The Kier molecular flexibility index (Phi) is 6.28. The van der Waals surface area contributed by atoms with E-state index in [2.05, 4.69) is 4.99 Å². The highest BCUT2D eigenvalue weighted by molar-refractivity contribution is 6.01. The second-order valence-electron chi connectivity index (χ2n) is 6.38. The Hall–Kier alpha value is -2.90. The van der Waals surface area contributed by atoms with Crippen molar-refractivity contribution >= 4 is 11.7 Å². The molecule has 1 aliphatic heterocycles. The monoisotopic (exact) mass is 384 g/mol. The van der Waals surface area contributed by atoms with Gasteiger partial charge in [0.05, 0.1) is 20.8 Å². The fourth-order valence-electron chi connectivity index (χ4n) is 3.31. The van der Waals surface area contributed by atoms with Crippen LogP contribution in [0.1, 0.15) is 17.2 Å². The number of nitrogens with zero attached hydrogens (tertiary/aromatic N) is 2. The van der Waals surface area contributed by atoms with Gasteiger partial charge in [0.15, 0.2) is 17.6 Å². The molecule has 1 amide bonds. The standard InChI is InChI=1S/C21H24N2O5/c1-26-17-11-7-10-15(18(17)27-2)12-23-13-16(24)21(25)22-20(23)19(28-3)14-8-5-4-6-9-14/h4-11,16,19,24H,12-13H2,1-3H3. The van der Waals surface area contributed by atoms with Crippen LogP contribution in [0.5, 0.6) is 11.5 Å². The molecule has 148 valence electrons. The molecular weight excluding hydrogens is 360 g/mol. The van der Waals surface area contributed by atoms with Crippen molar-refractivity contribution in [2.45, 2.75) is 18.8 Å². The van der Waals surface area contributed by atoms with Crippen molar-refractivity contribution in [3.63, 3.8) is 0 Å². The Balaban J connectivity index is 1.99. The van der Waals surface area contributed by atoms with Gasteiger partial charge in [-0.15, -0.1) is 0 Å². The number of hydrogen-bond acceptors (Lipinski definition) is 6. The molecule has 0 aromatic heterocycles. The van der Waals surface area contributed by atoms with Crippen LogP contribution in [0.25, 0.3) is 0 Å². The van der Waals surface area contributed by atoms with E-state index in [4.69, 9.17) is 14.2 Å². The smallest absolute Gasteiger partial charge is 0.278 e. The summed E-state index contributed by atoms with van der Waals surface area (Å²) < 4.78 is 16.5. The second-order valence-corrected chi connectivity index (χ2v) is 6.38. The number of carbonyl (C=O) groups is 1. The molecular formula is C21H24N2O5. The van der Waals surface area contributed by atoms with Crippen molar-refractivity contribution in [3.05, 3.63) is 59.7 Å². The normalized spacial score (nSPS) is 17.9. The number of carbonyl (C=O) groups excluding carboxylic acids is 1. The van der Waals surface area contributed by atoms with Crippen LogP contribution < -0.4 is 9.47 Å². The Morgan fingerprint density at radius 1 is 1.11 bits per heavy atom. The number of aliphatic hydroxyl groups excluding tert-OH is 1. The molecule has 28 heavy (non-hydrogen) atoms. The number of para-hydroxylation sites is 1. The zero-order chi connectivity index (χ0) is 20.1. The molecule has 0 bridgehead atoms. The van der Waals surface area contributed by atoms with E-state index >= 15 is 0 Å². The van der Waals surface area contributed by atoms with Gasteiger partial charge in [0.2, 0.25) is 0 Å². The van der Waals surface area contributed by atoms with E-state index in [-0.39, 0.29) is 6.54 Å². The number of hydrogen-bond donors (Lipinski definition) is 1. The number of aliphatic imine (C=N–C) groups is 1. The fraction of sp³-hybridized carbons (Fsp3) is 0.333. The average molecular weight is 384 g/mol. The van der Waals surface area contributed by atoms with Crippen molar-refractivity contribution in [3.8, 4) is 11.5 Å². The molecule has 0 saturated carbocycles. The van der Waals surface area contributed by atoms with Gasteiger partial charge in [0.1, 0.15) is 11.9 Å². The van der Waals surface area contributed by atoms with Crippen LogP contribution in [0.15, 0.2) is 53.5 Å². The van der Waals surface area contributed by atoms with Gasteiger partial charge in [-0.05, 0) is 11.6 Å². The number of amides is 1. The van der Waals surface area contributed by atoms with E-state index in [1.54, 1.807) is 21.3 Å². The first-order valence-electron chi connectivity index (χ1n) is 8.92. The van der Waals surface area contributed by atoms with Gasteiger partial charge in [-0.2, -0.15) is 4.99 Å². The number of benzene rings is 2. The van der Waals surface area contributed by atoms with Crippen LogP contribution in [0.3, 0.4) is 0 Å². The van der Waals surface area contributed by atoms with Crippen molar-refractivity contribution in [1.29, 1.82) is 0 Å². The lowest BCUT2D eigenvalue weighted by Gasteiger charge is -2.35. The largest absolute Gasteiger partial charge is 0.493 e. The molecule has 0 fully saturated rings. The first-order valence-corrected chi connectivity index (χ1v) is 8.92. The summed E-state index contributed by atoms with van der Waals surface area (Å²) in [5, 5.41) is 10.1. The summed E-state index contributed by atoms with van der Waals surface area (Å²) in [5.41, 5.74) is 1.72. The van der Waals surface area contributed by atoms with Gasteiger partial charge in [-0.3, -0.25) is 4.79 Å². The summed E-state index contributed by atoms with van der Waals surface area (Å²) in [6.45, 7) is 0.487. The third kappa shape index (κ3) is 4.00. The highest BCUT2D eigenvalue weighted by atomic mass is 16.5. The van der Waals surface area contributed by atoms with Gasteiger partial charge in [0, 0.05) is 19.2 Å². The molecule has 7 heteroatoms. The van der Waals surface area contributed by atoms with E-state index in [1.165, 1.54) is 0 Å². The summed E-state index contributed by atoms with van der Waals surface area (Å²) in [5.74, 6) is 1.10. The molecule has 2 atom stereocenters. The van der Waals surface area contributed by atoms with Crippen LogP contribution in [0.2, 0.25) is 0 Å². The van der Waals surface area contributed by atoms with E-state index in [1.807, 2.05) is 53.4 Å². The first-order chi connectivity index (χ1) is 13.6. The number of amidine groups is 1. The van der Waals surface area contributed by atoms with Crippen molar-refractivity contribution < 1.29 is 24.1 Å². The minimum atomic E-state index is -1.19. The molecule has 1 N–H and O–H groups in total. The molecule has 3 rings (SSSR count). The third-order valence-electron chi connectivity index (χ3n) is 4.65. The van der Waals surface area contributed by atoms with Crippen LogP contribution in [0, 0.1) is 0 Å². The van der Waals surface area contributed by atoms with Crippen LogP contribution in [-0.4, -0.2) is 55.7 Å². The molecule has 0 spiro atoms. The Bertz CT molecular complexity index is 853. The number of aliphatic hydroxyl groups is 1. The molecule has 0 radical (unpaired) electrons. The summed E-state index contributed by atoms with van der Waals surface area (Å²) >= 11 is 0. The minimum absolute atomic E-state index is 0.116. The number of β-amino-alcohol motifs (C(OH)–C–C–N with tert-alkyl or cyclic N) is 1. The molecule has 0 aliphatic carbocycles. The zero-order valence-electron chi connectivity index (χ0n) is 16.2. The van der Waals surface area contributed by atoms with Crippen molar-refractivity contribution in [2.24, 2.45) is 4.99 Å². The van der Waals surface area contributed by atoms with Crippen molar-refractivity contribution in [2.75, 3.05) is 27.9 Å². The van der Waals surface area contributed by atoms with Crippen LogP contribution in [0.4, 0.5) is 0 Å². The lowest BCUT2D eigenvalue weighted by Crippen LogP contribution is -2.47. The predicted octanol–water partition coefficient (Wildman–Crippen LogP) is 2.19. The maximum atomic E-state index is 12.1. The zero-order valence-corrected chi connectivity index (χ0v) is 16.2. The molecule has 0 saturated heterocycles. The second kappa shape index (κ2) is 8.86. The van der Waals surface area contributed by atoms with Crippen LogP contribution >= 0.6 is 0 Å². The predicted molar refractivity (Wildman–Crippen MR) is 105 cm³/mol. The molecule has 2 aromatic rings. The van der Waals surface area contributed by atoms with E-state index in [0.29, 0.717) is 23.9 Å². The number of rotatable bonds is 7. The van der Waals surface area contributed by atoms with Crippen LogP contribution in [-0.2, 0) is 16.1 Å². The summed E-state index contributed by atoms with van der Waals surface area (Å²) in [4.78, 5) is 18.1. The lowest BCUT2D eigenvalue weighted by atomic mass is 10.0. The Labute approximate surface area is 164 Å². The quantitative estimate of drug-likeness (QED) is 0.788. The lowest BCUT2D eigenvalue weighted by molar-refractivity contribution is -0.127. The highest BCUT2D eigenvalue weighted by Crippen LogP contribution is 2.33. The molecule has 2 unspecified atom stereocenters. The Morgan fingerprint density at radius 3 is 2.50 bits per heavy atom. The van der Waals surface area contributed by atoms with E-state index in [9.17, 15) is 9.90 Å². The van der Waals surface area contributed by atoms with Gasteiger partial charge >= 0.3 is 0 Å². The SMILES string of the molecule is COc1cccc(CN2CC(O)C(=O)N=C2C(OC)c2ccccc2)c1OC. The van der Waals surface area contributed by atoms with Gasteiger partial charge in [-0.1, -0.05) is 42.5 Å². The number of methoxy groups -OCH3 is 3. The topological polar surface area (TPSA) is 80.6 Å². The van der Waals surface area contributed by atoms with Gasteiger partial charge < -0.3 is 24.2 Å². The van der Waals surface area contributed by atoms with E-state index in [0.717, 1.165) is 11.1 Å². The van der Waals surface area contributed by atoms with Gasteiger partial charge in [0.25, 0.3) is 5.91 Å². The fourth-order valence-corrected chi connectivity index (χ4v) is 3.31. The first kappa shape index (κ1) is 19.9. The molecule has 7 nitrogen and oxygen atoms in total. The molecule has 1 aliphatic rings. The number of ether oxygens (including phenoxy) is 3. The minimum Gasteiger partial charge on any atom is -0.493 e. The molecule has 2 aromatic carbocycles. The summed E-state index contributed by atoms with van der Waals surface area (Å²) in [6, 6.07) is 15.1. The molecule has 1 heterocycles. The summed E-state index contributed by atoms with van der Waals surface area (Å²) in [6.07, 6.45) is -1.72. The third-order valence-corrected chi connectivity index (χ3v) is 4.65. The van der Waals surface area contributed by atoms with Gasteiger partial charge in [-0.25, -0.2) is 0 Å². The van der Waals surface area contributed by atoms with E-state index < -0.39 is 18.1 Å². The highest BCUT2D eigenvalue weighted by Gasteiger charge is 2.33. The summed E-state index contributed by atoms with van der Waals surface area (Å²) in [7, 11) is 4.72. The Morgan fingerprint density at radius 2 is 1.86 bits per heavy atom.